The lowest BCUT2D eigenvalue weighted by atomic mass is 9.99. The van der Waals surface area contributed by atoms with Gasteiger partial charge in [-0.05, 0) is 78.9 Å². The maximum absolute atomic E-state index is 12.3. The maximum atomic E-state index is 12.3. The number of methoxy groups -OCH3 is 1. The molecule has 2 N–H and O–H groups in total. The predicted molar refractivity (Wildman–Crippen MR) is 140 cm³/mol. The Morgan fingerprint density at radius 1 is 0.853 bits per heavy atom. The first kappa shape index (κ1) is 21.8. The molecule has 0 aliphatic rings. The average Bonchev–Trinajstić information content (AvgIpc) is 3.14. The SMILES string of the molecule is COc1ccc(-c2ccc3c4c(C(N)=O)cccc4n(Cc4c(C)cc(C)cc4C)c3c2)cc1. The zero-order chi connectivity index (χ0) is 24.0. The van der Waals surface area contributed by atoms with Crippen molar-refractivity contribution in [3.8, 4) is 16.9 Å². The Bertz CT molecular complexity index is 1540. The maximum Gasteiger partial charge on any atom is 0.249 e. The summed E-state index contributed by atoms with van der Waals surface area (Å²) in [6.07, 6.45) is 0. The lowest BCUT2D eigenvalue weighted by Crippen LogP contribution is -2.11. The molecule has 4 nitrogen and oxygen atoms in total. The summed E-state index contributed by atoms with van der Waals surface area (Å²) in [7, 11) is 1.67. The molecule has 0 saturated carbocycles. The minimum absolute atomic E-state index is 0.411. The first-order valence-corrected chi connectivity index (χ1v) is 11.4. The van der Waals surface area contributed by atoms with Gasteiger partial charge in [-0.2, -0.15) is 0 Å². The van der Waals surface area contributed by atoms with Gasteiger partial charge >= 0.3 is 0 Å². The van der Waals surface area contributed by atoms with Crippen LogP contribution >= 0.6 is 0 Å². The molecular weight excluding hydrogens is 420 g/mol. The number of carbonyl (C=O) groups excluding carboxylic acids is 1. The first-order valence-electron chi connectivity index (χ1n) is 11.4. The van der Waals surface area contributed by atoms with Crippen molar-refractivity contribution in [1.82, 2.24) is 4.57 Å². The highest BCUT2D eigenvalue weighted by atomic mass is 16.5. The zero-order valence-corrected chi connectivity index (χ0v) is 20.0. The minimum atomic E-state index is -0.411. The summed E-state index contributed by atoms with van der Waals surface area (Å²) in [5.74, 6) is 0.418. The Morgan fingerprint density at radius 3 is 2.18 bits per heavy atom. The molecule has 0 bridgehead atoms. The summed E-state index contributed by atoms with van der Waals surface area (Å²) in [6, 6.07) is 24.8. The van der Waals surface area contributed by atoms with Crippen LogP contribution < -0.4 is 10.5 Å². The molecule has 34 heavy (non-hydrogen) atoms. The van der Waals surface area contributed by atoms with Crippen LogP contribution in [0.4, 0.5) is 0 Å². The Labute approximate surface area is 199 Å². The molecule has 0 spiro atoms. The van der Waals surface area contributed by atoms with Crippen LogP contribution in [0.5, 0.6) is 5.75 Å². The second kappa shape index (κ2) is 8.38. The van der Waals surface area contributed by atoms with Crippen LogP contribution in [0.2, 0.25) is 0 Å². The molecular formula is C30H28N2O2. The first-order chi connectivity index (χ1) is 16.4. The molecule has 0 radical (unpaired) electrons. The molecule has 5 aromatic rings. The number of aromatic nitrogens is 1. The number of nitrogens with zero attached hydrogens (tertiary/aromatic N) is 1. The van der Waals surface area contributed by atoms with E-state index in [2.05, 4.69) is 73.9 Å². The molecule has 0 atom stereocenters. The molecule has 0 unspecified atom stereocenters. The molecule has 0 aliphatic carbocycles. The Morgan fingerprint density at radius 2 is 1.53 bits per heavy atom. The number of rotatable bonds is 5. The number of amides is 1. The molecule has 0 fully saturated rings. The van der Waals surface area contributed by atoms with Crippen LogP contribution in [0, 0.1) is 20.8 Å². The van der Waals surface area contributed by atoms with Crippen LogP contribution in [0.15, 0.2) is 72.8 Å². The monoisotopic (exact) mass is 448 g/mol. The van der Waals surface area contributed by atoms with Crippen LogP contribution in [0.25, 0.3) is 32.9 Å². The van der Waals surface area contributed by atoms with E-state index >= 15 is 0 Å². The minimum Gasteiger partial charge on any atom is -0.497 e. The smallest absolute Gasteiger partial charge is 0.249 e. The highest BCUT2D eigenvalue weighted by Gasteiger charge is 2.18. The lowest BCUT2D eigenvalue weighted by molar-refractivity contribution is 0.100. The predicted octanol–water partition coefficient (Wildman–Crippen LogP) is 6.54. The van der Waals surface area contributed by atoms with Gasteiger partial charge in [0, 0.05) is 22.9 Å². The number of fused-ring (bicyclic) bond motifs is 3. The molecule has 1 heterocycles. The zero-order valence-electron chi connectivity index (χ0n) is 20.0. The number of aryl methyl sites for hydroxylation is 3. The standard InChI is InChI=1S/C30H28N2O2/c1-18-14-19(2)26(20(3)15-18)17-32-27-7-5-6-25(30(31)33)29(27)24-13-10-22(16-28(24)32)21-8-11-23(34-4)12-9-21/h5-16H,17H2,1-4H3,(H2,31,33). The van der Waals surface area contributed by atoms with E-state index in [9.17, 15) is 4.79 Å². The number of carbonyl (C=O) groups is 1. The summed E-state index contributed by atoms with van der Waals surface area (Å²) >= 11 is 0. The molecule has 4 heteroatoms. The number of nitrogens with two attached hydrogens (primary N) is 1. The van der Waals surface area contributed by atoms with Crippen molar-refractivity contribution in [2.75, 3.05) is 7.11 Å². The number of benzene rings is 4. The van der Waals surface area contributed by atoms with Crippen LogP contribution in [-0.2, 0) is 6.54 Å². The lowest BCUT2D eigenvalue weighted by Gasteiger charge is -2.15. The van der Waals surface area contributed by atoms with Gasteiger partial charge in [-0.15, -0.1) is 0 Å². The van der Waals surface area contributed by atoms with E-state index in [0.29, 0.717) is 12.1 Å². The van der Waals surface area contributed by atoms with Gasteiger partial charge in [-0.3, -0.25) is 4.79 Å². The topological polar surface area (TPSA) is 57.2 Å². The van der Waals surface area contributed by atoms with Crippen molar-refractivity contribution in [3.63, 3.8) is 0 Å². The van der Waals surface area contributed by atoms with E-state index in [1.165, 1.54) is 22.3 Å². The molecule has 0 saturated heterocycles. The summed E-state index contributed by atoms with van der Waals surface area (Å²) < 4.78 is 7.63. The van der Waals surface area contributed by atoms with Crippen molar-refractivity contribution >= 4 is 27.7 Å². The van der Waals surface area contributed by atoms with E-state index in [1.54, 1.807) is 7.11 Å². The van der Waals surface area contributed by atoms with E-state index < -0.39 is 5.91 Å². The molecule has 5 rings (SSSR count). The van der Waals surface area contributed by atoms with Gasteiger partial charge in [0.15, 0.2) is 0 Å². The van der Waals surface area contributed by atoms with Crippen molar-refractivity contribution in [3.05, 3.63) is 101 Å². The Kier molecular flexibility index (Phi) is 5.37. The number of ether oxygens (including phenoxy) is 1. The van der Waals surface area contributed by atoms with Crippen molar-refractivity contribution < 1.29 is 9.53 Å². The fraction of sp³-hybridized carbons (Fsp3) is 0.167. The summed E-state index contributed by atoms with van der Waals surface area (Å²) in [5, 5.41) is 1.94. The summed E-state index contributed by atoms with van der Waals surface area (Å²) in [5.41, 5.74) is 15.7. The summed E-state index contributed by atoms with van der Waals surface area (Å²) in [6.45, 7) is 7.18. The average molecular weight is 449 g/mol. The molecule has 0 aliphatic heterocycles. The van der Waals surface area contributed by atoms with Crippen LogP contribution in [0.1, 0.15) is 32.6 Å². The largest absolute Gasteiger partial charge is 0.497 e. The fourth-order valence-corrected chi connectivity index (χ4v) is 5.10. The van der Waals surface area contributed by atoms with E-state index in [0.717, 1.165) is 38.7 Å². The highest BCUT2D eigenvalue weighted by molar-refractivity contribution is 6.18. The van der Waals surface area contributed by atoms with Gasteiger partial charge in [0.05, 0.1) is 18.1 Å². The third kappa shape index (κ3) is 3.61. The van der Waals surface area contributed by atoms with Crippen molar-refractivity contribution in [1.29, 1.82) is 0 Å². The molecule has 1 amide bonds. The van der Waals surface area contributed by atoms with Gasteiger partial charge in [0.25, 0.3) is 0 Å². The van der Waals surface area contributed by atoms with E-state index in [-0.39, 0.29) is 0 Å². The van der Waals surface area contributed by atoms with Crippen molar-refractivity contribution in [2.45, 2.75) is 27.3 Å². The van der Waals surface area contributed by atoms with Crippen molar-refractivity contribution in [2.24, 2.45) is 5.73 Å². The molecule has 170 valence electrons. The Hall–Kier alpha value is -4.05. The number of hydrogen-bond acceptors (Lipinski definition) is 2. The van der Waals surface area contributed by atoms with Gasteiger partial charge < -0.3 is 15.0 Å². The van der Waals surface area contributed by atoms with Gasteiger partial charge in [-0.25, -0.2) is 0 Å². The van der Waals surface area contributed by atoms with Crippen LogP contribution in [0.3, 0.4) is 0 Å². The van der Waals surface area contributed by atoms with E-state index in [1.807, 2.05) is 24.3 Å². The van der Waals surface area contributed by atoms with Gasteiger partial charge in [-0.1, -0.05) is 48.0 Å². The number of hydrogen-bond donors (Lipinski definition) is 1. The molecule has 4 aromatic carbocycles. The fourth-order valence-electron chi connectivity index (χ4n) is 5.10. The van der Waals surface area contributed by atoms with Crippen LogP contribution in [-0.4, -0.2) is 17.6 Å². The molecule has 1 aromatic heterocycles. The third-order valence-corrected chi connectivity index (χ3v) is 6.74. The van der Waals surface area contributed by atoms with Gasteiger partial charge in [0.2, 0.25) is 5.91 Å². The quantitative estimate of drug-likeness (QED) is 0.332. The second-order valence-electron chi connectivity index (χ2n) is 8.99. The second-order valence-corrected chi connectivity index (χ2v) is 8.99. The van der Waals surface area contributed by atoms with E-state index in [4.69, 9.17) is 10.5 Å². The number of primary amides is 1. The Balaban J connectivity index is 1.78. The normalized spacial score (nSPS) is 11.3. The third-order valence-electron chi connectivity index (χ3n) is 6.74. The summed E-state index contributed by atoms with van der Waals surface area (Å²) in [4.78, 5) is 12.3. The van der Waals surface area contributed by atoms with Gasteiger partial charge in [0.1, 0.15) is 5.75 Å². The highest BCUT2D eigenvalue weighted by Crippen LogP contribution is 2.36.